The molecule has 1 unspecified atom stereocenters. The van der Waals surface area contributed by atoms with Crippen LogP contribution in [0, 0.1) is 0 Å². The molecular formula is C20H16O7. The van der Waals surface area contributed by atoms with E-state index in [4.69, 9.17) is 4.74 Å². The Kier molecular flexibility index (Phi) is 3.69. The second kappa shape index (κ2) is 5.84. The van der Waals surface area contributed by atoms with E-state index in [-0.39, 0.29) is 52.3 Å². The van der Waals surface area contributed by atoms with Gasteiger partial charge in [-0.2, -0.15) is 0 Å². The number of hydrogen-bond donors (Lipinski definition) is 3. The molecule has 0 bridgehead atoms. The maximum Gasteiger partial charge on any atom is 0.302 e. The van der Waals surface area contributed by atoms with Crippen LogP contribution in [-0.4, -0.2) is 39.0 Å². The van der Waals surface area contributed by atoms with E-state index in [1.165, 1.54) is 25.1 Å². The fourth-order valence-electron chi connectivity index (χ4n) is 3.95. The molecule has 0 radical (unpaired) electrons. The standard InChI is InChI=1S/C20H16O7/c1-8(21)27-9-5-6-10-12(7-9)19(25)15-16(17(10)23)20(26)14-11(18(15)24)3-2-4-13(14)22/h2-4,9,22-23,25H,5-7H2,1H3. The van der Waals surface area contributed by atoms with Crippen LogP contribution in [0.1, 0.15) is 56.3 Å². The van der Waals surface area contributed by atoms with Crippen molar-refractivity contribution in [3.05, 3.63) is 51.6 Å². The maximum atomic E-state index is 12.9. The number of phenolic OH excluding ortho intramolecular Hbond substituents is 3. The topological polar surface area (TPSA) is 121 Å². The molecule has 27 heavy (non-hydrogen) atoms. The number of aromatic hydroxyl groups is 3. The first-order valence-electron chi connectivity index (χ1n) is 8.49. The Labute approximate surface area is 153 Å². The zero-order valence-electron chi connectivity index (χ0n) is 14.4. The quantitative estimate of drug-likeness (QED) is 0.444. The summed E-state index contributed by atoms with van der Waals surface area (Å²) in [5.74, 6) is -2.94. The summed E-state index contributed by atoms with van der Waals surface area (Å²) in [6.45, 7) is 1.28. The van der Waals surface area contributed by atoms with Crippen molar-refractivity contribution in [2.45, 2.75) is 32.3 Å². The molecule has 7 nitrogen and oxygen atoms in total. The molecule has 0 aromatic heterocycles. The highest BCUT2D eigenvalue weighted by atomic mass is 16.5. The van der Waals surface area contributed by atoms with Gasteiger partial charge in [0, 0.05) is 30.0 Å². The molecule has 0 spiro atoms. The van der Waals surface area contributed by atoms with Crippen molar-refractivity contribution < 1.29 is 34.4 Å². The summed E-state index contributed by atoms with van der Waals surface area (Å²) in [5.41, 5.74) is -0.134. The van der Waals surface area contributed by atoms with Crippen molar-refractivity contribution in [3.63, 3.8) is 0 Å². The van der Waals surface area contributed by atoms with Crippen molar-refractivity contribution in [1.82, 2.24) is 0 Å². The van der Waals surface area contributed by atoms with Crippen LogP contribution < -0.4 is 0 Å². The lowest BCUT2D eigenvalue weighted by molar-refractivity contribution is -0.146. The highest BCUT2D eigenvalue weighted by Crippen LogP contribution is 2.46. The maximum absolute atomic E-state index is 12.9. The molecule has 1 atom stereocenters. The van der Waals surface area contributed by atoms with Crippen LogP contribution in [0.2, 0.25) is 0 Å². The van der Waals surface area contributed by atoms with Gasteiger partial charge in [0.15, 0.2) is 5.78 Å². The smallest absolute Gasteiger partial charge is 0.302 e. The number of carbonyl (C=O) groups is 3. The number of rotatable bonds is 1. The molecule has 0 amide bonds. The largest absolute Gasteiger partial charge is 0.507 e. The Balaban J connectivity index is 1.93. The molecule has 0 saturated heterocycles. The van der Waals surface area contributed by atoms with E-state index in [0.29, 0.717) is 17.5 Å². The van der Waals surface area contributed by atoms with Crippen LogP contribution in [-0.2, 0) is 22.4 Å². The number of fused-ring (bicyclic) bond motifs is 3. The van der Waals surface area contributed by atoms with Gasteiger partial charge in [-0.15, -0.1) is 0 Å². The normalized spacial score (nSPS) is 17.7. The highest BCUT2D eigenvalue weighted by Gasteiger charge is 2.40. The van der Waals surface area contributed by atoms with Gasteiger partial charge < -0.3 is 20.1 Å². The molecule has 0 fully saturated rings. The first-order valence-corrected chi connectivity index (χ1v) is 8.49. The third kappa shape index (κ3) is 2.38. The zero-order chi connectivity index (χ0) is 19.5. The van der Waals surface area contributed by atoms with E-state index < -0.39 is 23.6 Å². The third-order valence-corrected chi connectivity index (χ3v) is 5.11. The summed E-state index contributed by atoms with van der Waals surface area (Å²) < 4.78 is 5.19. The predicted octanol–water partition coefficient (Wildman–Crippen LogP) is 2.00. The number of ether oxygens (including phenoxy) is 1. The molecule has 0 heterocycles. The van der Waals surface area contributed by atoms with Crippen molar-refractivity contribution >= 4 is 17.5 Å². The lowest BCUT2D eigenvalue weighted by Crippen LogP contribution is -2.28. The van der Waals surface area contributed by atoms with E-state index in [9.17, 15) is 29.7 Å². The number of benzene rings is 2. The van der Waals surface area contributed by atoms with E-state index in [0.717, 1.165) is 0 Å². The van der Waals surface area contributed by atoms with Gasteiger partial charge in [0.1, 0.15) is 23.4 Å². The first-order chi connectivity index (χ1) is 12.8. The Morgan fingerprint density at radius 3 is 2.37 bits per heavy atom. The molecule has 7 heteroatoms. The average molecular weight is 368 g/mol. The van der Waals surface area contributed by atoms with Gasteiger partial charge in [-0.1, -0.05) is 12.1 Å². The fourth-order valence-corrected chi connectivity index (χ4v) is 3.95. The summed E-state index contributed by atoms with van der Waals surface area (Å²) in [6.07, 6.45) is 0.344. The summed E-state index contributed by atoms with van der Waals surface area (Å²) in [6, 6.07) is 4.10. The summed E-state index contributed by atoms with van der Waals surface area (Å²) in [7, 11) is 0. The molecule has 0 aliphatic heterocycles. The number of hydrogen-bond acceptors (Lipinski definition) is 7. The Bertz CT molecular complexity index is 1040. The van der Waals surface area contributed by atoms with Crippen LogP contribution in [0.5, 0.6) is 17.2 Å². The van der Waals surface area contributed by atoms with E-state index in [2.05, 4.69) is 0 Å². The molecule has 4 rings (SSSR count). The van der Waals surface area contributed by atoms with Gasteiger partial charge >= 0.3 is 5.97 Å². The van der Waals surface area contributed by atoms with Crippen molar-refractivity contribution in [1.29, 1.82) is 0 Å². The van der Waals surface area contributed by atoms with E-state index >= 15 is 0 Å². The highest BCUT2D eigenvalue weighted by molar-refractivity contribution is 6.31. The van der Waals surface area contributed by atoms with Crippen LogP contribution in [0.25, 0.3) is 0 Å². The number of esters is 1. The molecule has 0 saturated carbocycles. The molecular weight excluding hydrogens is 352 g/mol. The van der Waals surface area contributed by atoms with Crippen molar-refractivity contribution in [2.75, 3.05) is 0 Å². The Morgan fingerprint density at radius 2 is 1.67 bits per heavy atom. The Morgan fingerprint density at radius 1 is 1.00 bits per heavy atom. The molecule has 138 valence electrons. The lowest BCUT2D eigenvalue weighted by atomic mass is 9.77. The minimum absolute atomic E-state index is 0.0329. The molecule has 2 aromatic carbocycles. The van der Waals surface area contributed by atoms with Gasteiger partial charge in [0.25, 0.3) is 0 Å². The van der Waals surface area contributed by atoms with Gasteiger partial charge in [-0.05, 0) is 18.9 Å². The second-order valence-electron chi connectivity index (χ2n) is 6.74. The number of phenols is 3. The number of carbonyl (C=O) groups excluding carboxylic acids is 3. The molecule has 2 aromatic rings. The van der Waals surface area contributed by atoms with Gasteiger partial charge in [-0.25, -0.2) is 0 Å². The average Bonchev–Trinajstić information content (AvgIpc) is 2.62. The van der Waals surface area contributed by atoms with Crippen molar-refractivity contribution in [2.24, 2.45) is 0 Å². The van der Waals surface area contributed by atoms with E-state index in [1.807, 2.05) is 0 Å². The first kappa shape index (κ1) is 17.1. The molecule has 3 N–H and O–H groups in total. The van der Waals surface area contributed by atoms with Crippen LogP contribution >= 0.6 is 0 Å². The van der Waals surface area contributed by atoms with Gasteiger partial charge in [0.05, 0.1) is 16.7 Å². The molecule has 2 aliphatic carbocycles. The molecule has 2 aliphatic rings. The predicted molar refractivity (Wildman–Crippen MR) is 92.3 cm³/mol. The van der Waals surface area contributed by atoms with Crippen molar-refractivity contribution in [3.8, 4) is 17.2 Å². The Hall–Kier alpha value is -3.35. The van der Waals surface area contributed by atoms with Gasteiger partial charge in [-0.3, -0.25) is 14.4 Å². The third-order valence-electron chi connectivity index (χ3n) is 5.11. The van der Waals surface area contributed by atoms with Crippen LogP contribution in [0.15, 0.2) is 18.2 Å². The van der Waals surface area contributed by atoms with E-state index in [1.54, 1.807) is 0 Å². The number of ketones is 2. The summed E-state index contributed by atoms with van der Waals surface area (Å²) in [5, 5.41) is 31.5. The van der Waals surface area contributed by atoms with Gasteiger partial charge in [0.2, 0.25) is 5.78 Å². The summed E-state index contributed by atoms with van der Waals surface area (Å²) >= 11 is 0. The SMILES string of the molecule is CC(=O)OC1CCc2c(O)c3c(c(O)c2C1)C(=O)c1cccc(O)c1C3=O. The zero-order valence-corrected chi connectivity index (χ0v) is 14.4. The monoisotopic (exact) mass is 368 g/mol. The fraction of sp³-hybridized carbons (Fsp3) is 0.250. The second-order valence-corrected chi connectivity index (χ2v) is 6.74. The lowest BCUT2D eigenvalue weighted by Gasteiger charge is -2.29. The van der Waals surface area contributed by atoms with Crippen LogP contribution in [0.4, 0.5) is 0 Å². The summed E-state index contributed by atoms with van der Waals surface area (Å²) in [4.78, 5) is 37.0. The van der Waals surface area contributed by atoms with Crippen LogP contribution in [0.3, 0.4) is 0 Å². The minimum atomic E-state index is -0.713. The minimum Gasteiger partial charge on any atom is -0.507 e.